The Bertz CT molecular complexity index is 476. The van der Waals surface area contributed by atoms with Crippen molar-refractivity contribution in [3.05, 3.63) is 30.3 Å². The SMILES string of the molecule is O=C(O)C12CC1CCN(CCCOc1ccccc1)C2. The number of carbonyl (C=O) groups is 1. The first-order valence-electron chi connectivity index (χ1n) is 7.34. The van der Waals surface area contributed by atoms with Gasteiger partial charge in [0.25, 0.3) is 0 Å². The Morgan fingerprint density at radius 3 is 2.95 bits per heavy atom. The van der Waals surface area contributed by atoms with Crippen molar-refractivity contribution in [2.45, 2.75) is 19.3 Å². The van der Waals surface area contributed by atoms with E-state index in [4.69, 9.17) is 4.74 Å². The van der Waals surface area contributed by atoms with Crippen molar-refractivity contribution in [2.24, 2.45) is 11.3 Å². The van der Waals surface area contributed by atoms with E-state index in [-0.39, 0.29) is 0 Å². The minimum Gasteiger partial charge on any atom is -0.494 e. The molecular weight excluding hydrogens is 254 g/mol. The Kier molecular flexibility index (Phi) is 3.66. The summed E-state index contributed by atoms with van der Waals surface area (Å²) in [5, 5.41) is 9.33. The lowest BCUT2D eigenvalue weighted by molar-refractivity contribution is -0.145. The molecule has 2 fully saturated rings. The predicted octanol–water partition coefficient (Wildman–Crippen LogP) is 2.25. The van der Waals surface area contributed by atoms with Crippen LogP contribution in [0.25, 0.3) is 0 Å². The van der Waals surface area contributed by atoms with Crippen LogP contribution in [0.3, 0.4) is 0 Å². The van der Waals surface area contributed by atoms with Gasteiger partial charge in [-0.05, 0) is 43.9 Å². The van der Waals surface area contributed by atoms with E-state index in [2.05, 4.69) is 4.90 Å². The molecule has 20 heavy (non-hydrogen) atoms. The van der Waals surface area contributed by atoms with E-state index in [0.29, 0.717) is 12.5 Å². The molecule has 2 unspecified atom stereocenters. The fourth-order valence-electron chi connectivity index (χ4n) is 3.28. The van der Waals surface area contributed by atoms with E-state index in [0.717, 1.165) is 44.6 Å². The molecule has 0 spiro atoms. The van der Waals surface area contributed by atoms with E-state index >= 15 is 0 Å². The molecule has 1 N–H and O–H groups in total. The Balaban J connectivity index is 1.40. The molecule has 2 atom stereocenters. The monoisotopic (exact) mass is 275 g/mol. The molecular formula is C16H21NO3. The quantitative estimate of drug-likeness (QED) is 0.809. The largest absolute Gasteiger partial charge is 0.494 e. The van der Waals surface area contributed by atoms with E-state index in [1.54, 1.807) is 0 Å². The van der Waals surface area contributed by atoms with Crippen molar-refractivity contribution in [1.82, 2.24) is 4.90 Å². The Morgan fingerprint density at radius 2 is 2.20 bits per heavy atom. The Hall–Kier alpha value is -1.55. The van der Waals surface area contributed by atoms with Crippen molar-refractivity contribution in [3.63, 3.8) is 0 Å². The predicted molar refractivity (Wildman–Crippen MR) is 75.8 cm³/mol. The second-order valence-corrected chi connectivity index (χ2v) is 5.94. The van der Waals surface area contributed by atoms with Gasteiger partial charge < -0.3 is 14.7 Å². The van der Waals surface area contributed by atoms with Crippen LogP contribution >= 0.6 is 0 Å². The van der Waals surface area contributed by atoms with Gasteiger partial charge in [-0.25, -0.2) is 0 Å². The summed E-state index contributed by atoms with van der Waals surface area (Å²) in [6, 6.07) is 9.80. The van der Waals surface area contributed by atoms with Gasteiger partial charge in [-0.2, -0.15) is 0 Å². The average molecular weight is 275 g/mol. The molecule has 1 saturated heterocycles. The zero-order valence-corrected chi connectivity index (χ0v) is 11.6. The first-order valence-corrected chi connectivity index (χ1v) is 7.34. The van der Waals surface area contributed by atoms with Gasteiger partial charge in [0.05, 0.1) is 12.0 Å². The molecule has 0 aromatic heterocycles. The van der Waals surface area contributed by atoms with Gasteiger partial charge in [0, 0.05) is 13.1 Å². The van der Waals surface area contributed by atoms with Crippen molar-refractivity contribution in [1.29, 1.82) is 0 Å². The molecule has 1 aromatic carbocycles. The molecule has 3 rings (SSSR count). The lowest BCUT2D eigenvalue weighted by Crippen LogP contribution is -2.41. The van der Waals surface area contributed by atoms with Crippen molar-refractivity contribution in [2.75, 3.05) is 26.2 Å². The number of carboxylic acids is 1. The Labute approximate surface area is 119 Å². The fraction of sp³-hybridized carbons (Fsp3) is 0.562. The highest BCUT2D eigenvalue weighted by atomic mass is 16.5. The molecule has 108 valence electrons. The Morgan fingerprint density at radius 1 is 1.40 bits per heavy atom. The van der Waals surface area contributed by atoms with E-state index in [1.165, 1.54) is 0 Å². The summed E-state index contributed by atoms with van der Waals surface area (Å²) in [6.45, 7) is 3.36. The zero-order chi connectivity index (χ0) is 14.0. The third kappa shape index (κ3) is 2.66. The van der Waals surface area contributed by atoms with Gasteiger partial charge in [0.15, 0.2) is 0 Å². The molecule has 1 heterocycles. The molecule has 0 radical (unpaired) electrons. The molecule has 0 amide bonds. The van der Waals surface area contributed by atoms with Crippen LogP contribution in [0.1, 0.15) is 19.3 Å². The maximum absolute atomic E-state index is 11.3. The van der Waals surface area contributed by atoms with Gasteiger partial charge in [-0.15, -0.1) is 0 Å². The third-order valence-electron chi connectivity index (χ3n) is 4.59. The summed E-state index contributed by atoms with van der Waals surface area (Å²) in [6.07, 6.45) is 2.85. The second kappa shape index (κ2) is 5.44. The number of hydrogen-bond donors (Lipinski definition) is 1. The maximum Gasteiger partial charge on any atom is 0.311 e. The molecule has 1 aliphatic carbocycles. The van der Waals surface area contributed by atoms with Gasteiger partial charge in [0.2, 0.25) is 0 Å². The lowest BCUT2D eigenvalue weighted by atomic mass is 9.97. The fourth-order valence-corrected chi connectivity index (χ4v) is 3.28. The normalized spacial score (nSPS) is 28.7. The van der Waals surface area contributed by atoms with Crippen LogP contribution in [0.2, 0.25) is 0 Å². The number of carboxylic acid groups (broad SMARTS) is 1. The number of fused-ring (bicyclic) bond motifs is 1. The van der Waals surface area contributed by atoms with Crippen LogP contribution < -0.4 is 4.74 Å². The van der Waals surface area contributed by atoms with Crippen molar-refractivity contribution < 1.29 is 14.6 Å². The van der Waals surface area contributed by atoms with Crippen molar-refractivity contribution >= 4 is 5.97 Å². The molecule has 1 saturated carbocycles. The van der Waals surface area contributed by atoms with E-state index < -0.39 is 11.4 Å². The summed E-state index contributed by atoms with van der Waals surface area (Å²) in [5.41, 5.74) is -0.418. The molecule has 4 nitrogen and oxygen atoms in total. The van der Waals surface area contributed by atoms with Crippen LogP contribution in [0.4, 0.5) is 0 Å². The number of para-hydroxylation sites is 1. The van der Waals surface area contributed by atoms with Gasteiger partial charge in [-0.1, -0.05) is 18.2 Å². The molecule has 2 aliphatic rings. The number of rotatable bonds is 6. The van der Waals surface area contributed by atoms with Gasteiger partial charge >= 0.3 is 5.97 Å². The van der Waals surface area contributed by atoms with Gasteiger partial charge in [-0.3, -0.25) is 4.79 Å². The number of hydrogen-bond acceptors (Lipinski definition) is 3. The van der Waals surface area contributed by atoms with Crippen LogP contribution in [0.5, 0.6) is 5.75 Å². The molecule has 4 heteroatoms. The number of benzene rings is 1. The highest BCUT2D eigenvalue weighted by Crippen LogP contribution is 2.57. The summed E-state index contributed by atoms with van der Waals surface area (Å²) in [4.78, 5) is 13.6. The smallest absolute Gasteiger partial charge is 0.311 e. The number of piperidine rings is 1. The minimum absolute atomic E-state index is 0.418. The lowest BCUT2D eigenvalue weighted by Gasteiger charge is -2.30. The highest BCUT2D eigenvalue weighted by Gasteiger charge is 2.62. The van der Waals surface area contributed by atoms with Crippen LogP contribution in [0.15, 0.2) is 30.3 Å². The zero-order valence-electron chi connectivity index (χ0n) is 11.6. The number of aliphatic carboxylic acids is 1. The summed E-state index contributed by atoms with van der Waals surface area (Å²) < 4.78 is 5.66. The van der Waals surface area contributed by atoms with E-state index in [9.17, 15) is 9.90 Å². The topological polar surface area (TPSA) is 49.8 Å². The maximum atomic E-state index is 11.3. The summed E-state index contributed by atoms with van der Waals surface area (Å²) >= 11 is 0. The highest BCUT2D eigenvalue weighted by molar-refractivity contribution is 5.79. The summed E-state index contributed by atoms with van der Waals surface area (Å²) in [7, 11) is 0. The first-order chi connectivity index (χ1) is 9.71. The third-order valence-corrected chi connectivity index (χ3v) is 4.59. The number of nitrogens with zero attached hydrogens (tertiary/aromatic N) is 1. The minimum atomic E-state index is -0.604. The summed E-state index contributed by atoms with van der Waals surface area (Å²) in [5.74, 6) is 0.722. The standard InChI is InChI=1S/C16H21NO3/c18-15(19)16-11-13(16)7-9-17(12-16)8-4-10-20-14-5-2-1-3-6-14/h1-3,5-6,13H,4,7-12H2,(H,18,19). The number of ether oxygens (including phenoxy) is 1. The average Bonchev–Trinajstić information content (AvgIpc) is 3.20. The molecule has 1 aliphatic heterocycles. The van der Waals surface area contributed by atoms with Crippen molar-refractivity contribution in [3.8, 4) is 5.75 Å². The molecule has 0 bridgehead atoms. The van der Waals surface area contributed by atoms with Crippen LogP contribution in [0, 0.1) is 11.3 Å². The first kappa shape index (κ1) is 13.4. The van der Waals surface area contributed by atoms with E-state index in [1.807, 2.05) is 30.3 Å². The number of likely N-dealkylation sites (tertiary alicyclic amines) is 1. The second-order valence-electron chi connectivity index (χ2n) is 5.94. The van der Waals surface area contributed by atoms with Crippen LogP contribution in [-0.2, 0) is 4.79 Å². The van der Waals surface area contributed by atoms with Gasteiger partial charge in [0.1, 0.15) is 5.75 Å². The van der Waals surface area contributed by atoms with Crippen LogP contribution in [-0.4, -0.2) is 42.2 Å². The molecule has 1 aromatic rings.